The number of nitriles is 1. The first-order valence-electron chi connectivity index (χ1n) is 9.81. The second-order valence-electron chi connectivity index (χ2n) is 6.89. The predicted octanol–water partition coefficient (Wildman–Crippen LogP) is 4.62. The molecule has 0 aliphatic heterocycles. The van der Waals surface area contributed by atoms with Crippen LogP contribution >= 0.6 is 11.3 Å². The molecule has 154 valence electrons. The monoisotopic (exact) mass is 429 g/mol. The summed E-state index contributed by atoms with van der Waals surface area (Å²) in [4.78, 5) is 17.5. The van der Waals surface area contributed by atoms with Crippen molar-refractivity contribution in [3.8, 4) is 17.5 Å². The van der Waals surface area contributed by atoms with E-state index in [0.717, 1.165) is 16.0 Å². The van der Waals surface area contributed by atoms with Crippen LogP contribution in [0, 0.1) is 11.3 Å². The average Bonchev–Trinajstić information content (AvgIpc) is 3.45. The first-order chi connectivity index (χ1) is 15.2. The molecule has 0 radical (unpaired) electrons. The van der Waals surface area contributed by atoms with E-state index in [-0.39, 0.29) is 5.91 Å². The Bertz CT molecular complexity index is 1190. The van der Waals surface area contributed by atoms with Crippen molar-refractivity contribution in [3.05, 3.63) is 82.7 Å². The SMILES string of the molecule is N#Cc1ccc(Cc2cnc(NC(=O)CCCc3nnc(-c4ccccc4)o3)s2)cc1. The number of hydrogen-bond acceptors (Lipinski definition) is 7. The minimum Gasteiger partial charge on any atom is -0.421 e. The molecule has 8 heteroatoms. The molecule has 2 heterocycles. The van der Waals surface area contributed by atoms with Gasteiger partial charge in [0.05, 0.1) is 11.6 Å². The molecule has 0 saturated carbocycles. The van der Waals surface area contributed by atoms with Crippen LogP contribution in [0.5, 0.6) is 0 Å². The van der Waals surface area contributed by atoms with Crippen molar-refractivity contribution >= 4 is 22.4 Å². The van der Waals surface area contributed by atoms with Gasteiger partial charge in [-0.2, -0.15) is 5.26 Å². The highest BCUT2D eigenvalue weighted by molar-refractivity contribution is 7.15. The number of rotatable bonds is 8. The summed E-state index contributed by atoms with van der Waals surface area (Å²) >= 11 is 1.45. The fourth-order valence-electron chi connectivity index (χ4n) is 2.98. The normalized spacial score (nSPS) is 10.5. The smallest absolute Gasteiger partial charge is 0.247 e. The zero-order valence-electron chi connectivity index (χ0n) is 16.6. The van der Waals surface area contributed by atoms with E-state index < -0.39 is 0 Å². The Labute approximate surface area is 183 Å². The molecule has 31 heavy (non-hydrogen) atoms. The van der Waals surface area contributed by atoms with Gasteiger partial charge < -0.3 is 9.73 Å². The summed E-state index contributed by atoms with van der Waals surface area (Å²) in [5.74, 6) is 0.908. The van der Waals surface area contributed by atoms with Gasteiger partial charge in [0.25, 0.3) is 0 Å². The molecule has 2 aromatic heterocycles. The number of hydrogen-bond donors (Lipinski definition) is 1. The van der Waals surface area contributed by atoms with Crippen molar-refractivity contribution in [2.75, 3.05) is 5.32 Å². The van der Waals surface area contributed by atoms with Gasteiger partial charge in [-0.15, -0.1) is 21.5 Å². The van der Waals surface area contributed by atoms with Crippen LogP contribution in [0.15, 0.2) is 65.2 Å². The number of aromatic nitrogens is 3. The summed E-state index contributed by atoms with van der Waals surface area (Å²) in [5, 5.41) is 20.4. The second-order valence-corrected chi connectivity index (χ2v) is 8.00. The molecule has 0 aliphatic carbocycles. The summed E-state index contributed by atoms with van der Waals surface area (Å²) in [6.07, 6.45) is 3.95. The van der Waals surface area contributed by atoms with Gasteiger partial charge in [-0.25, -0.2) is 4.98 Å². The Hall–Kier alpha value is -3.83. The maximum atomic E-state index is 12.2. The van der Waals surface area contributed by atoms with E-state index in [4.69, 9.17) is 9.68 Å². The van der Waals surface area contributed by atoms with E-state index in [9.17, 15) is 4.79 Å². The van der Waals surface area contributed by atoms with Crippen molar-refractivity contribution in [1.82, 2.24) is 15.2 Å². The van der Waals surface area contributed by atoms with Crippen LogP contribution in [-0.2, 0) is 17.6 Å². The molecule has 4 aromatic rings. The van der Waals surface area contributed by atoms with Gasteiger partial charge in [0.15, 0.2) is 5.13 Å². The lowest BCUT2D eigenvalue weighted by Gasteiger charge is -2.00. The van der Waals surface area contributed by atoms with Gasteiger partial charge >= 0.3 is 0 Å². The molecule has 0 bridgehead atoms. The zero-order valence-corrected chi connectivity index (χ0v) is 17.4. The van der Waals surface area contributed by atoms with E-state index in [0.29, 0.717) is 48.2 Å². The Morgan fingerprint density at radius 2 is 1.90 bits per heavy atom. The number of amides is 1. The van der Waals surface area contributed by atoms with Crippen molar-refractivity contribution in [2.24, 2.45) is 0 Å². The van der Waals surface area contributed by atoms with Crippen molar-refractivity contribution < 1.29 is 9.21 Å². The maximum absolute atomic E-state index is 12.2. The fraction of sp³-hybridized carbons (Fsp3) is 0.174. The molecule has 0 spiro atoms. The van der Waals surface area contributed by atoms with Gasteiger partial charge in [0, 0.05) is 35.9 Å². The fourth-order valence-corrected chi connectivity index (χ4v) is 3.84. The molecule has 0 atom stereocenters. The van der Waals surface area contributed by atoms with Crippen molar-refractivity contribution in [1.29, 1.82) is 5.26 Å². The number of thiazole rings is 1. The number of carbonyl (C=O) groups is 1. The number of carbonyl (C=O) groups excluding carboxylic acids is 1. The van der Waals surface area contributed by atoms with E-state index >= 15 is 0 Å². The molecule has 0 aliphatic rings. The van der Waals surface area contributed by atoms with Crippen LogP contribution in [0.3, 0.4) is 0 Å². The highest BCUT2D eigenvalue weighted by Gasteiger charge is 2.11. The Morgan fingerprint density at radius 3 is 2.68 bits per heavy atom. The number of nitrogens with zero attached hydrogens (tertiary/aromatic N) is 4. The summed E-state index contributed by atoms with van der Waals surface area (Å²) < 4.78 is 5.66. The number of benzene rings is 2. The predicted molar refractivity (Wildman–Crippen MR) is 117 cm³/mol. The van der Waals surface area contributed by atoms with Gasteiger partial charge in [-0.1, -0.05) is 30.3 Å². The second kappa shape index (κ2) is 9.78. The Morgan fingerprint density at radius 1 is 1.10 bits per heavy atom. The Balaban J connectivity index is 1.23. The molecule has 4 rings (SSSR count). The molecule has 1 amide bonds. The van der Waals surface area contributed by atoms with Crippen LogP contribution in [0.4, 0.5) is 5.13 Å². The molecule has 0 saturated heterocycles. The lowest BCUT2D eigenvalue weighted by Crippen LogP contribution is -2.11. The van der Waals surface area contributed by atoms with Crippen LogP contribution in [-0.4, -0.2) is 21.1 Å². The van der Waals surface area contributed by atoms with Crippen LogP contribution in [0.25, 0.3) is 11.5 Å². The highest BCUT2D eigenvalue weighted by atomic mass is 32.1. The molecule has 1 N–H and O–H groups in total. The van der Waals surface area contributed by atoms with Crippen LogP contribution in [0.1, 0.15) is 34.7 Å². The van der Waals surface area contributed by atoms with E-state index in [2.05, 4.69) is 26.6 Å². The molecule has 2 aromatic carbocycles. The van der Waals surface area contributed by atoms with Crippen molar-refractivity contribution in [2.45, 2.75) is 25.7 Å². The van der Waals surface area contributed by atoms with E-state index in [1.807, 2.05) is 42.5 Å². The number of anilines is 1. The summed E-state index contributed by atoms with van der Waals surface area (Å²) in [5.41, 5.74) is 2.60. The maximum Gasteiger partial charge on any atom is 0.247 e. The number of aryl methyl sites for hydroxylation is 1. The summed E-state index contributed by atoms with van der Waals surface area (Å²) in [7, 11) is 0. The van der Waals surface area contributed by atoms with Crippen LogP contribution in [0.2, 0.25) is 0 Å². The standard InChI is InChI=1S/C23H19N5O2S/c24-14-17-11-9-16(10-12-17)13-19-15-25-23(31-19)26-20(29)7-4-8-21-27-28-22(30-21)18-5-2-1-3-6-18/h1-3,5-6,9-12,15H,4,7-8,13H2,(H,25,26,29). The van der Waals surface area contributed by atoms with Crippen molar-refractivity contribution in [3.63, 3.8) is 0 Å². The van der Waals surface area contributed by atoms with Gasteiger partial charge in [-0.05, 0) is 36.2 Å². The number of nitrogens with one attached hydrogen (secondary N) is 1. The minimum absolute atomic E-state index is 0.0953. The van der Waals surface area contributed by atoms with Gasteiger partial charge in [0.1, 0.15) is 0 Å². The highest BCUT2D eigenvalue weighted by Crippen LogP contribution is 2.22. The topological polar surface area (TPSA) is 105 Å². The molecular formula is C23H19N5O2S. The summed E-state index contributed by atoms with van der Waals surface area (Å²) in [6.45, 7) is 0. The summed E-state index contributed by atoms with van der Waals surface area (Å²) in [6, 6.07) is 19.1. The lowest BCUT2D eigenvalue weighted by molar-refractivity contribution is -0.116. The van der Waals surface area contributed by atoms with Gasteiger partial charge in [-0.3, -0.25) is 4.79 Å². The first kappa shape index (κ1) is 20.4. The van der Waals surface area contributed by atoms with E-state index in [1.165, 1.54) is 11.3 Å². The molecular weight excluding hydrogens is 410 g/mol. The largest absolute Gasteiger partial charge is 0.421 e. The minimum atomic E-state index is -0.0953. The first-order valence-corrected chi connectivity index (χ1v) is 10.6. The Kier molecular flexibility index (Phi) is 6.45. The van der Waals surface area contributed by atoms with Crippen LogP contribution < -0.4 is 5.32 Å². The zero-order chi connectivity index (χ0) is 21.5. The third-order valence-corrected chi connectivity index (χ3v) is 5.46. The van der Waals surface area contributed by atoms with E-state index in [1.54, 1.807) is 18.3 Å². The van der Waals surface area contributed by atoms with Gasteiger partial charge in [0.2, 0.25) is 17.7 Å². The molecule has 7 nitrogen and oxygen atoms in total. The molecule has 0 fully saturated rings. The average molecular weight is 430 g/mol. The lowest BCUT2D eigenvalue weighted by atomic mass is 10.1. The quantitative estimate of drug-likeness (QED) is 0.438. The molecule has 0 unspecified atom stereocenters. The third kappa shape index (κ3) is 5.62. The third-order valence-electron chi connectivity index (χ3n) is 4.54.